The third kappa shape index (κ3) is 18.1. The minimum Gasteiger partial charge on any atom is -0.431 e. The van der Waals surface area contributed by atoms with Crippen molar-refractivity contribution in [3.8, 4) is 0 Å². The first-order valence-corrected chi connectivity index (χ1v) is 20.1. The van der Waals surface area contributed by atoms with Crippen molar-refractivity contribution >= 4 is 45.8 Å². The lowest BCUT2D eigenvalue weighted by Gasteiger charge is -2.18. The Bertz CT molecular complexity index is 1770. The summed E-state index contributed by atoms with van der Waals surface area (Å²) in [4.78, 5) is 41.2. The summed E-state index contributed by atoms with van der Waals surface area (Å²) in [5.74, 6) is -0.139. The highest BCUT2D eigenvalue weighted by Crippen LogP contribution is 2.18. The summed E-state index contributed by atoms with van der Waals surface area (Å²) in [5.41, 5.74) is 5.00. The number of allylic oxidation sites excluding steroid dienone is 1. The van der Waals surface area contributed by atoms with E-state index in [1.54, 1.807) is 12.1 Å². The molecule has 2 aromatic carbocycles. The van der Waals surface area contributed by atoms with Crippen LogP contribution in [0.25, 0.3) is 0 Å². The zero-order chi connectivity index (χ0) is 39.7. The fourth-order valence-electron chi connectivity index (χ4n) is 5.52. The second-order valence-electron chi connectivity index (χ2n) is 12.9. The van der Waals surface area contributed by atoms with Crippen LogP contribution in [-0.4, -0.2) is 68.4 Å². The van der Waals surface area contributed by atoms with Gasteiger partial charge in [0.2, 0.25) is 5.91 Å². The predicted molar refractivity (Wildman–Crippen MR) is 214 cm³/mol. The lowest BCUT2D eigenvalue weighted by atomic mass is 10.0. The van der Waals surface area contributed by atoms with E-state index in [0.717, 1.165) is 81.9 Å². The van der Waals surface area contributed by atoms with Crippen LogP contribution < -0.4 is 21.4 Å². The normalized spacial score (nSPS) is 11.7. The van der Waals surface area contributed by atoms with Gasteiger partial charge in [-0.15, -0.1) is 6.58 Å². The Kier molecular flexibility index (Phi) is 20.0. The minimum absolute atomic E-state index is 0.0906. The minimum atomic E-state index is -4.40. The van der Waals surface area contributed by atoms with Crippen molar-refractivity contribution in [1.29, 1.82) is 0 Å². The van der Waals surface area contributed by atoms with E-state index >= 15 is 0 Å². The average Bonchev–Trinajstić information content (AvgIpc) is 3.18. The Hall–Kier alpha value is -5.28. The summed E-state index contributed by atoms with van der Waals surface area (Å²) < 4.78 is 43.5. The molecule has 3 rings (SSSR count). The van der Waals surface area contributed by atoms with Crippen molar-refractivity contribution in [2.45, 2.75) is 94.7 Å². The first kappa shape index (κ1) is 44.1. The predicted octanol–water partition coefficient (Wildman–Crippen LogP) is 7.25. The number of nitrogens with zero attached hydrogens (tertiary/aromatic N) is 2. The van der Waals surface area contributed by atoms with Gasteiger partial charge in [-0.1, -0.05) is 62.1 Å². The zero-order valence-electron chi connectivity index (χ0n) is 31.5. The number of carbonyl (C=O) groups excluding carboxylic acids is 3. The van der Waals surface area contributed by atoms with Crippen molar-refractivity contribution in [2.75, 3.05) is 30.9 Å². The van der Waals surface area contributed by atoms with Gasteiger partial charge >= 0.3 is 6.16 Å². The van der Waals surface area contributed by atoms with Gasteiger partial charge in [-0.2, -0.15) is 13.5 Å². The van der Waals surface area contributed by atoms with Gasteiger partial charge in [0.05, 0.1) is 11.8 Å². The van der Waals surface area contributed by atoms with Gasteiger partial charge in [-0.3, -0.25) is 19.6 Å². The van der Waals surface area contributed by atoms with Gasteiger partial charge in [0, 0.05) is 44.0 Å². The molecule has 5 N–H and O–H groups in total. The number of hydrogen-bond acceptors (Lipinski definition) is 11. The highest BCUT2D eigenvalue weighted by atomic mass is 32.2. The van der Waals surface area contributed by atoms with Crippen molar-refractivity contribution in [2.24, 2.45) is 5.10 Å². The third-order valence-corrected chi connectivity index (χ3v) is 9.49. The first-order chi connectivity index (χ1) is 26.6. The molecule has 298 valence electrons. The molecule has 2 amide bonds. The van der Waals surface area contributed by atoms with Crippen molar-refractivity contribution in [1.82, 2.24) is 15.6 Å². The number of aromatic nitrogens is 1. The number of hydrogen-bond donors (Lipinski definition) is 5. The molecule has 0 saturated carbocycles. The van der Waals surface area contributed by atoms with Crippen LogP contribution in [0, 0.1) is 0 Å². The smallest absolute Gasteiger partial charge is 0.431 e. The molecule has 0 radical (unpaired) electrons. The molecular weight excluding hydrogens is 725 g/mol. The number of rotatable bonds is 26. The van der Waals surface area contributed by atoms with Gasteiger partial charge < -0.3 is 25.4 Å². The number of ether oxygens (including phenoxy) is 2. The molecule has 3 aromatic rings. The summed E-state index contributed by atoms with van der Waals surface area (Å²) in [7, 11) is -2.56. The van der Waals surface area contributed by atoms with E-state index in [2.05, 4.69) is 38.0 Å². The van der Waals surface area contributed by atoms with Gasteiger partial charge in [0.25, 0.3) is 16.0 Å². The van der Waals surface area contributed by atoms with Crippen LogP contribution in [0.1, 0.15) is 98.5 Å². The molecule has 55 heavy (non-hydrogen) atoms. The zero-order valence-corrected chi connectivity index (χ0v) is 32.3. The molecular formula is C40H54N6O8S. The number of nitrogens with one attached hydrogen (secondary N) is 4. The van der Waals surface area contributed by atoms with Crippen LogP contribution in [0.4, 0.5) is 16.3 Å². The molecule has 0 aliphatic heterocycles. The van der Waals surface area contributed by atoms with Gasteiger partial charge in [0.1, 0.15) is 23.4 Å². The van der Waals surface area contributed by atoms with E-state index in [1.165, 1.54) is 36.7 Å². The number of hydrazone groups is 1. The quantitative estimate of drug-likeness (QED) is 0.0137. The molecule has 1 unspecified atom stereocenters. The van der Waals surface area contributed by atoms with Crippen molar-refractivity contribution in [3.63, 3.8) is 0 Å². The maximum Gasteiger partial charge on any atom is 0.508 e. The second kappa shape index (κ2) is 24.9. The Morgan fingerprint density at radius 2 is 1.58 bits per heavy atom. The highest BCUT2D eigenvalue weighted by Gasteiger charge is 2.16. The SMILES string of the molecule is C=CCCCCCCC(CCCCCCC(=O)NCCNC(=O)c1ccc(N/N=C/c2ccccc2S(=O)(=O)O)nc1)OC(=O)OCc1ccc(NC)cc1. The Balaban J connectivity index is 1.28. The number of benzene rings is 2. The van der Waals surface area contributed by atoms with Gasteiger partial charge in [-0.25, -0.2) is 9.78 Å². The van der Waals surface area contributed by atoms with E-state index < -0.39 is 16.3 Å². The summed E-state index contributed by atoms with van der Waals surface area (Å²) in [6, 6.07) is 16.6. The molecule has 0 fully saturated rings. The van der Waals surface area contributed by atoms with Crippen LogP contribution in [-0.2, 0) is 31.0 Å². The van der Waals surface area contributed by atoms with E-state index in [9.17, 15) is 27.4 Å². The maximum absolute atomic E-state index is 12.5. The fraction of sp³-hybridized carbons (Fsp3) is 0.425. The Morgan fingerprint density at radius 1 is 0.891 bits per heavy atom. The lowest BCUT2D eigenvalue weighted by Crippen LogP contribution is -2.34. The van der Waals surface area contributed by atoms with E-state index in [0.29, 0.717) is 17.8 Å². The standard InChI is InChI=1S/C40H54N6O8S/c1-3-4-5-6-7-10-16-35(54-40(49)53-30-31-20-23-34(41-2)24-21-31)17-11-8-9-12-19-38(47)42-26-27-43-39(48)33-22-25-37(44-28-33)46-45-29-32-15-13-14-18-36(32)55(50,51)52/h3,13-15,18,20-25,28-29,35,41H,1,4-12,16-17,19,26-27,30H2,2H3,(H,42,47)(H,43,48)(H,44,46)(H,50,51,52)/b45-29+. The fourth-order valence-corrected chi connectivity index (χ4v) is 6.19. The first-order valence-electron chi connectivity index (χ1n) is 18.7. The summed E-state index contributed by atoms with van der Waals surface area (Å²) in [6.45, 7) is 4.44. The highest BCUT2D eigenvalue weighted by molar-refractivity contribution is 7.86. The van der Waals surface area contributed by atoms with E-state index in [1.807, 2.05) is 37.4 Å². The monoisotopic (exact) mass is 778 g/mol. The summed E-state index contributed by atoms with van der Waals surface area (Å²) in [5, 5.41) is 12.6. The van der Waals surface area contributed by atoms with Crippen LogP contribution in [0.3, 0.4) is 0 Å². The number of anilines is 2. The number of amides is 2. The molecule has 0 saturated heterocycles. The molecule has 0 aliphatic carbocycles. The number of carbonyl (C=O) groups is 3. The van der Waals surface area contributed by atoms with Crippen molar-refractivity contribution < 1.29 is 36.8 Å². The van der Waals surface area contributed by atoms with Crippen LogP contribution >= 0.6 is 0 Å². The molecule has 14 nitrogen and oxygen atoms in total. The molecule has 0 aliphatic rings. The summed E-state index contributed by atoms with van der Waals surface area (Å²) in [6.07, 6.45) is 14.2. The van der Waals surface area contributed by atoms with Crippen LogP contribution in [0.2, 0.25) is 0 Å². The molecule has 1 atom stereocenters. The topological polar surface area (TPSA) is 197 Å². The van der Waals surface area contributed by atoms with Gasteiger partial charge in [0.15, 0.2) is 0 Å². The van der Waals surface area contributed by atoms with Crippen LogP contribution in [0.15, 0.2) is 89.5 Å². The van der Waals surface area contributed by atoms with Crippen LogP contribution in [0.5, 0.6) is 0 Å². The molecule has 1 heterocycles. The Labute approximate surface area is 324 Å². The molecule has 0 bridgehead atoms. The molecule has 1 aromatic heterocycles. The van der Waals surface area contributed by atoms with Crippen molar-refractivity contribution in [3.05, 3.63) is 96.2 Å². The lowest BCUT2D eigenvalue weighted by molar-refractivity contribution is -0.121. The Morgan fingerprint density at radius 3 is 2.25 bits per heavy atom. The molecule has 0 spiro atoms. The number of pyridine rings is 1. The van der Waals surface area contributed by atoms with Gasteiger partial charge in [-0.05, 0) is 80.8 Å². The molecule has 15 heteroatoms. The third-order valence-electron chi connectivity index (χ3n) is 8.56. The van der Waals surface area contributed by atoms with E-state index in [-0.39, 0.29) is 48.1 Å². The average molecular weight is 779 g/mol. The number of unbranched alkanes of at least 4 members (excludes halogenated alkanes) is 7. The maximum atomic E-state index is 12.5. The van der Waals surface area contributed by atoms with E-state index in [4.69, 9.17) is 9.47 Å². The second-order valence-corrected chi connectivity index (χ2v) is 14.3. The largest absolute Gasteiger partial charge is 0.508 e. The summed E-state index contributed by atoms with van der Waals surface area (Å²) >= 11 is 0.